The topological polar surface area (TPSA) is 66.4 Å². The van der Waals surface area contributed by atoms with Gasteiger partial charge in [-0.3, -0.25) is 4.79 Å². The predicted molar refractivity (Wildman–Crippen MR) is 72.7 cm³/mol. The molecule has 2 aromatic carbocycles. The number of carbonyl (C=O) groups is 2. The van der Waals surface area contributed by atoms with E-state index < -0.39 is 29.1 Å². The summed E-state index contributed by atoms with van der Waals surface area (Å²) in [7, 11) is 0. The summed E-state index contributed by atoms with van der Waals surface area (Å²) in [6, 6.07) is 6.18. The van der Waals surface area contributed by atoms with Gasteiger partial charge in [0.2, 0.25) is 0 Å². The van der Waals surface area contributed by atoms with Crippen LogP contribution in [0.5, 0.6) is 0 Å². The Kier molecular flexibility index (Phi) is 4.18. The lowest BCUT2D eigenvalue weighted by atomic mass is 10.1. The minimum atomic E-state index is -1.31. The molecule has 0 bridgehead atoms. The molecule has 7 heteroatoms. The van der Waals surface area contributed by atoms with Gasteiger partial charge in [-0.05, 0) is 36.4 Å². The SMILES string of the molecule is O=C(Nc1ccc(Cl)cc1C(=O)O)c1cc(F)ccc1F. The Hall–Kier alpha value is -2.47. The number of halogens is 3. The highest BCUT2D eigenvalue weighted by Crippen LogP contribution is 2.22. The van der Waals surface area contributed by atoms with E-state index in [9.17, 15) is 18.4 Å². The first kappa shape index (κ1) is 14.9. The van der Waals surface area contributed by atoms with Crippen molar-refractivity contribution in [1.29, 1.82) is 0 Å². The van der Waals surface area contributed by atoms with Gasteiger partial charge >= 0.3 is 5.97 Å². The fourth-order valence-electron chi connectivity index (χ4n) is 1.66. The summed E-state index contributed by atoms with van der Waals surface area (Å²) in [5, 5.41) is 11.4. The van der Waals surface area contributed by atoms with Crippen LogP contribution in [0, 0.1) is 11.6 Å². The predicted octanol–water partition coefficient (Wildman–Crippen LogP) is 3.57. The highest BCUT2D eigenvalue weighted by molar-refractivity contribution is 6.31. The largest absolute Gasteiger partial charge is 0.478 e. The quantitative estimate of drug-likeness (QED) is 0.910. The van der Waals surface area contributed by atoms with E-state index in [4.69, 9.17) is 16.7 Å². The van der Waals surface area contributed by atoms with Crippen LogP contribution >= 0.6 is 11.6 Å². The molecule has 0 aliphatic carbocycles. The summed E-state index contributed by atoms with van der Waals surface area (Å²) in [6.45, 7) is 0. The summed E-state index contributed by atoms with van der Waals surface area (Å²) < 4.78 is 26.5. The summed E-state index contributed by atoms with van der Waals surface area (Å²) in [6.07, 6.45) is 0. The van der Waals surface area contributed by atoms with Gasteiger partial charge < -0.3 is 10.4 Å². The van der Waals surface area contributed by atoms with Crippen molar-refractivity contribution >= 4 is 29.2 Å². The molecular formula is C14H8ClF2NO3. The Labute approximate surface area is 123 Å². The Morgan fingerprint density at radius 3 is 2.43 bits per heavy atom. The Morgan fingerprint density at radius 2 is 1.76 bits per heavy atom. The molecule has 0 heterocycles. The van der Waals surface area contributed by atoms with Crippen molar-refractivity contribution in [2.75, 3.05) is 5.32 Å². The zero-order valence-corrected chi connectivity index (χ0v) is 11.1. The second-order valence-corrected chi connectivity index (χ2v) is 4.51. The van der Waals surface area contributed by atoms with Crippen molar-refractivity contribution < 1.29 is 23.5 Å². The van der Waals surface area contributed by atoms with Gasteiger partial charge in [0.15, 0.2) is 0 Å². The summed E-state index contributed by atoms with van der Waals surface area (Å²) >= 11 is 5.67. The van der Waals surface area contributed by atoms with Crippen LogP contribution in [0.4, 0.5) is 14.5 Å². The van der Waals surface area contributed by atoms with Crippen LogP contribution in [-0.2, 0) is 0 Å². The van der Waals surface area contributed by atoms with Crippen LogP contribution < -0.4 is 5.32 Å². The highest BCUT2D eigenvalue weighted by atomic mass is 35.5. The lowest BCUT2D eigenvalue weighted by molar-refractivity contribution is 0.0698. The van der Waals surface area contributed by atoms with E-state index in [0.717, 1.165) is 24.3 Å². The lowest BCUT2D eigenvalue weighted by Gasteiger charge is -2.09. The smallest absolute Gasteiger partial charge is 0.337 e. The number of benzene rings is 2. The maximum atomic E-state index is 13.5. The zero-order valence-electron chi connectivity index (χ0n) is 10.4. The molecule has 0 aromatic heterocycles. The second-order valence-electron chi connectivity index (χ2n) is 4.07. The molecule has 0 atom stereocenters. The van der Waals surface area contributed by atoms with Crippen molar-refractivity contribution in [3.63, 3.8) is 0 Å². The molecule has 0 spiro atoms. The molecule has 2 rings (SSSR count). The number of carbonyl (C=O) groups excluding carboxylic acids is 1. The average Bonchev–Trinajstić information content (AvgIpc) is 2.43. The van der Waals surface area contributed by atoms with E-state index in [0.29, 0.717) is 0 Å². The Balaban J connectivity index is 2.36. The van der Waals surface area contributed by atoms with E-state index >= 15 is 0 Å². The van der Waals surface area contributed by atoms with Crippen LogP contribution in [0.25, 0.3) is 0 Å². The molecule has 1 amide bonds. The number of amides is 1. The van der Waals surface area contributed by atoms with Gasteiger partial charge in [0.05, 0.1) is 16.8 Å². The number of nitrogens with one attached hydrogen (secondary N) is 1. The average molecular weight is 312 g/mol. The van der Waals surface area contributed by atoms with Crippen LogP contribution in [0.15, 0.2) is 36.4 Å². The molecule has 0 aliphatic heterocycles. The van der Waals surface area contributed by atoms with E-state index in [1.807, 2.05) is 0 Å². The summed E-state index contributed by atoms with van der Waals surface area (Å²) in [5.41, 5.74) is -0.852. The minimum Gasteiger partial charge on any atom is -0.478 e. The number of aromatic carboxylic acids is 1. The molecule has 0 radical (unpaired) electrons. The number of hydrogen-bond donors (Lipinski definition) is 2. The summed E-state index contributed by atoms with van der Waals surface area (Å²) in [5.74, 6) is -3.97. The molecule has 2 N–H and O–H groups in total. The molecule has 21 heavy (non-hydrogen) atoms. The van der Waals surface area contributed by atoms with Gasteiger partial charge in [-0.25, -0.2) is 13.6 Å². The van der Waals surface area contributed by atoms with Crippen molar-refractivity contribution in [3.05, 3.63) is 64.2 Å². The van der Waals surface area contributed by atoms with Gasteiger partial charge in [-0.1, -0.05) is 11.6 Å². The third-order valence-corrected chi connectivity index (χ3v) is 2.87. The van der Waals surface area contributed by atoms with Crippen molar-refractivity contribution in [2.45, 2.75) is 0 Å². The molecule has 4 nitrogen and oxygen atoms in total. The normalized spacial score (nSPS) is 10.2. The van der Waals surface area contributed by atoms with E-state index in [1.165, 1.54) is 12.1 Å². The maximum Gasteiger partial charge on any atom is 0.337 e. The number of carboxylic acid groups (broad SMARTS) is 1. The van der Waals surface area contributed by atoms with Crippen molar-refractivity contribution in [1.82, 2.24) is 0 Å². The standard InChI is InChI=1S/C14H8ClF2NO3/c15-7-1-4-12(10(5-7)14(20)21)18-13(19)9-6-8(16)2-3-11(9)17/h1-6H,(H,18,19)(H,20,21). The number of carboxylic acids is 1. The van der Waals surface area contributed by atoms with Crippen LogP contribution in [0.3, 0.4) is 0 Å². The lowest BCUT2D eigenvalue weighted by Crippen LogP contribution is -2.16. The summed E-state index contributed by atoms with van der Waals surface area (Å²) in [4.78, 5) is 23.0. The fraction of sp³-hybridized carbons (Fsp3) is 0. The fourth-order valence-corrected chi connectivity index (χ4v) is 1.84. The molecule has 0 fully saturated rings. The van der Waals surface area contributed by atoms with Gasteiger partial charge in [0.1, 0.15) is 11.6 Å². The molecule has 108 valence electrons. The molecule has 2 aromatic rings. The van der Waals surface area contributed by atoms with Crippen molar-refractivity contribution in [2.24, 2.45) is 0 Å². The van der Waals surface area contributed by atoms with Gasteiger partial charge in [0.25, 0.3) is 5.91 Å². The monoisotopic (exact) mass is 311 g/mol. The molecular weight excluding hydrogens is 304 g/mol. The van der Waals surface area contributed by atoms with Gasteiger partial charge in [0, 0.05) is 5.02 Å². The van der Waals surface area contributed by atoms with Crippen LogP contribution in [0.1, 0.15) is 20.7 Å². The van der Waals surface area contributed by atoms with E-state index in [2.05, 4.69) is 5.32 Å². The Morgan fingerprint density at radius 1 is 1.05 bits per heavy atom. The van der Waals surface area contributed by atoms with Crippen molar-refractivity contribution in [3.8, 4) is 0 Å². The number of anilines is 1. The molecule has 0 unspecified atom stereocenters. The number of hydrogen-bond acceptors (Lipinski definition) is 2. The molecule has 0 aliphatic rings. The zero-order chi connectivity index (χ0) is 15.6. The molecule has 0 saturated heterocycles. The van der Waals surface area contributed by atoms with E-state index in [1.54, 1.807) is 0 Å². The first-order valence-corrected chi connectivity index (χ1v) is 6.05. The van der Waals surface area contributed by atoms with Gasteiger partial charge in [-0.2, -0.15) is 0 Å². The second kappa shape index (κ2) is 5.88. The van der Waals surface area contributed by atoms with Crippen LogP contribution in [0.2, 0.25) is 5.02 Å². The maximum absolute atomic E-state index is 13.5. The third-order valence-electron chi connectivity index (χ3n) is 2.63. The molecule has 0 saturated carbocycles. The first-order chi connectivity index (χ1) is 9.88. The highest BCUT2D eigenvalue weighted by Gasteiger charge is 2.17. The Bertz CT molecular complexity index is 734. The number of rotatable bonds is 3. The third kappa shape index (κ3) is 3.35. The van der Waals surface area contributed by atoms with E-state index in [-0.39, 0.29) is 16.3 Å². The first-order valence-electron chi connectivity index (χ1n) is 5.67. The minimum absolute atomic E-state index is 0.0689. The van der Waals surface area contributed by atoms with Gasteiger partial charge in [-0.15, -0.1) is 0 Å². The van der Waals surface area contributed by atoms with Crippen LogP contribution in [-0.4, -0.2) is 17.0 Å².